The molecule has 17 heavy (non-hydrogen) atoms. The maximum Gasteiger partial charge on any atom is 0.145 e. The fourth-order valence-electron chi connectivity index (χ4n) is 1.42. The molecule has 3 nitrogen and oxygen atoms in total. The van der Waals surface area contributed by atoms with Gasteiger partial charge in [0.1, 0.15) is 30.0 Å². The molecule has 2 rings (SSSR count). The topological polar surface area (TPSA) is 42.6 Å². The van der Waals surface area contributed by atoms with E-state index in [1.165, 1.54) is 0 Å². The van der Waals surface area contributed by atoms with Crippen LogP contribution in [0.3, 0.4) is 0 Å². The summed E-state index contributed by atoms with van der Waals surface area (Å²) in [6.45, 7) is 2.01. The molecule has 0 bridgehead atoms. The van der Waals surface area contributed by atoms with Crippen molar-refractivity contribution in [2.75, 3.05) is 6.61 Å². The minimum absolute atomic E-state index is 0.175. The Morgan fingerprint density at radius 1 is 1.24 bits per heavy atom. The van der Waals surface area contributed by atoms with Crippen LogP contribution in [0, 0.1) is 6.92 Å². The average molecular weight is 297 g/mol. The summed E-state index contributed by atoms with van der Waals surface area (Å²) < 4.78 is 11.8. The Balaban J connectivity index is 1.92. The van der Waals surface area contributed by atoms with Crippen molar-refractivity contribution in [1.82, 2.24) is 0 Å². The summed E-state index contributed by atoms with van der Waals surface area (Å²) in [6.07, 6.45) is -0.743. The number of halogens is 1. The smallest absolute Gasteiger partial charge is 0.145 e. The lowest BCUT2D eigenvalue weighted by Crippen LogP contribution is -2.08. The highest BCUT2D eigenvalue weighted by Crippen LogP contribution is 2.20. The Morgan fingerprint density at radius 2 is 1.94 bits per heavy atom. The maximum atomic E-state index is 9.82. The molecule has 0 saturated carbocycles. The van der Waals surface area contributed by atoms with Gasteiger partial charge in [-0.2, -0.15) is 0 Å². The first-order chi connectivity index (χ1) is 8.15. The third-order valence-corrected chi connectivity index (χ3v) is 2.84. The number of ether oxygens (including phenoxy) is 1. The molecule has 4 heteroatoms. The van der Waals surface area contributed by atoms with Crippen LogP contribution in [-0.2, 0) is 0 Å². The molecule has 90 valence electrons. The lowest BCUT2D eigenvalue weighted by atomic mass is 10.3. The zero-order valence-corrected chi connectivity index (χ0v) is 11.0. The standard InChI is InChI=1S/C13H13BrO3/c1-9-2-7-13(17-9)12(15)8-16-11-5-3-10(14)4-6-11/h2-7,12,15H,8H2,1H3. The van der Waals surface area contributed by atoms with Crippen molar-refractivity contribution in [3.8, 4) is 5.75 Å². The van der Waals surface area contributed by atoms with E-state index in [0.29, 0.717) is 5.76 Å². The highest BCUT2D eigenvalue weighted by atomic mass is 79.9. The van der Waals surface area contributed by atoms with Gasteiger partial charge >= 0.3 is 0 Å². The van der Waals surface area contributed by atoms with Gasteiger partial charge in [0.15, 0.2) is 0 Å². The predicted molar refractivity (Wildman–Crippen MR) is 68.0 cm³/mol. The molecule has 1 N–H and O–H groups in total. The second kappa shape index (κ2) is 5.38. The Hall–Kier alpha value is -1.26. The summed E-state index contributed by atoms with van der Waals surface area (Å²) in [5.41, 5.74) is 0. The zero-order chi connectivity index (χ0) is 12.3. The number of aliphatic hydroxyl groups excluding tert-OH is 1. The van der Waals surface area contributed by atoms with E-state index < -0.39 is 6.10 Å². The summed E-state index contributed by atoms with van der Waals surface area (Å²) in [7, 11) is 0. The Labute approximate surface area is 108 Å². The molecule has 0 aliphatic carbocycles. The van der Waals surface area contributed by atoms with Crippen molar-refractivity contribution in [2.24, 2.45) is 0 Å². The molecule has 0 aliphatic heterocycles. The molecule has 1 aromatic carbocycles. The quantitative estimate of drug-likeness (QED) is 0.939. The second-order valence-electron chi connectivity index (χ2n) is 3.73. The molecule has 1 aromatic heterocycles. The number of furan rings is 1. The zero-order valence-electron chi connectivity index (χ0n) is 9.39. The van der Waals surface area contributed by atoms with E-state index in [1.807, 2.05) is 37.3 Å². The molecule has 2 aromatic rings. The molecule has 1 unspecified atom stereocenters. The van der Waals surface area contributed by atoms with Crippen LogP contribution < -0.4 is 4.74 Å². The first-order valence-electron chi connectivity index (χ1n) is 5.28. The predicted octanol–water partition coefficient (Wildman–Crippen LogP) is 3.46. The number of benzene rings is 1. The van der Waals surface area contributed by atoms with Gasteiger partial charge in [0.25, 0.3) is 0 Å². The van der Waals surface area contributed by atoms with Crippen molar-refractivity contribution >= 4 is 15.9 Å². The molecule has 0 aliphatic rings. The number of rotatable bonds is 4. The molecular weight excluding hydrogens is 284 g/mol. The first kappa shape index (κ1) is 12.2. The van der Waals surface area contributed by atoms with Crippen LogP contribution in [0.25, 0.3) is 0 Å². The van der Waals surface area contributed by atoms with Crippen molar-refractivity contribution < 1.29 is 14.3 Å². The van der Waals surface area contributed by atoms with Gasteiger partial charge in [-0.05, 0) is 43.3 Å². The number of hydrogen-bond donors (Lipinski definition) is 1. The van der Waals surface area contributed by atoms with Crippen molar-refractivity contribution in [2.45, 2.75) is 13.0 Å². The fourth-order valence-corrected chi connectivity index (χ4v) is 1.68. The number of hydrogen-bond acceptors (Lipinski definition) is 3. The van der Waals surface area contributed by atoms with E-state index in [1.54, 1.807) is 6.07 Å². The normalized spacial score (nSPS) is 12.4. The lowest BCUT2D eigenvalue weighted by Gasteiger charge is -2.10. The summed E-state index contributed by atoms with van der Waals surface area (Å²) in [5.74, 6) is 2.03. The van der Waals surface area contributed by atoms with E-state index in [9.17, 15) is 5.11 Å². The summed E-state index contributed by atoms with van der Waals surface area (Å²) in [6, 6.07) is 11.0. The molecular formula is C13H13BrO3. The Kier molecular flexibility index (Phi) is 3.86. The van der Waals surface area contributed by atoms with Gasteiger partial charge in [-0.25, -0.2) is 0 Å². The average Bonchev–Trinajstić information content (AvgIpc) is 2.75. The van der Waals surface area contributed by atoms with Gasteiger partial charge in [0.05, 0.1) is 0 Å². The minimum Gasteiger partial charge on any atom is -0.490 e. The Bertz CT molecular complexity index is 476. The number of aliphatic hydroxyl groups is 1. The largest absolute Gasteiger partial charge is 0.490 e. The van der Waals surface area contributed by atoms with Crippen LogP contribution in [0.4, 0.5) is 0 Å². The summed E-state index contributed by atoms with van der Waals surface area (Å²) in [4.78, 5) is 0. The highest BCUT2D eigenvalue weighted by Gasteiger charge is 2.12. The van der Waals surface area contributed by atoms with Gasteiger partial charge in [0, 0.05) is 4.47 Å². The van der Waals surface area contributed by atoms with Crippen LogP contribution in [0.1, 0.15) is 17.6 Å². The Morgan fingerprint density at radius 3 is 2.53 bits per heavy atom. The lowest BCUT2D eigenvalue weighted by molar-refractivity contribution is 0.0880. The van der Waals surface area contributed by atoms with E-state index >= 15 is 0 Å². The van der Waals surface area contributed by atoms with Crippen LogP contribution in [0.2, 0.25) is 0 Å². The van der Waals surface area contributed by atoms with Gasteiger partial charge in [-0.1, -0.05) is 15.9 Å². The molecule has 0 radical (unpaired) electrons. The summed E-state index contributed by atoms with van der Waals surface area (Å²) in [5, 5.41) is 9.82. The van der Waals surface area contributed by atoms with Crippen LogP contribution in [0.5, 0.6) is 5.75 Å². The van der Waals surface area contributed by atoms with Crippen molar-refractivity contribution in [3.05, 3.63) is 52.4 Å². The van der Waals surface area contributed by atoms with E-state index in [2.05, 4.69) is 15.9 Å². The molecule has 1 heterocycles. The minimum atomic E-state index is -0.743. The SMILES string of the molecule is Cc1ccc(C(O)COc2ccc(Br)cc2)o1. The molecule has 0 amide bonds. The second-order valence-corrected chi connectivity index (χ2v) is 4.64. The van der Waals surface area contributed by atoms with Crippen molar-refractivity contribution in [3.63, 3.8) is 0 Å². The number of aryl methyl sites for hydroxylation is 1. The van der Waals surface area contributed by atoms with Crippen LogP contribution >= 0.6 is 15.9 Å². The third kappa shape index (κ3) is 3.35. The van der Waals surface area contributed by atoms with E-state index in [0.717, 1.165) is 16.0 Å². The van der Waals surface area contributed by atoms with E-state index in [-0.39, 0.29) is 6.61 Å². The molecule has 1 atom stereocenters. The molecule has 0 saturated heterocycles. The van der Waals surface area contributed by atoms with Gasteiger partial charge in [0.2, 0.25) is 0 Å². The van der Waals surface area contributed by atoms with Crippen molar-refractivity contribution in [1.29, 1.82) is 0 Å². The maximum absolute atomic E-state index is 9.82. The van der Waals surface area contributed by atoms with Gasteiger partial charge < -0.3 is 14.3 Å². The first-order valence-corrected chi connectivity index (χ1v) is 6.07. The molecule has 0 fully saturated rings. The van der Waals surface area contributed by atoms with E-state index in [4.69, 9.17) is 9.15 Å². The third-order valence-electron chi connectivity index (χ3n) is 2.31. The summed E-state index contributed by atoms with van der Waals surface area (Å²) >= 11 is 3.35. The highest BCUT2D eigenvalue weighted by molar-refractivity contribution is 9.10. The van der Waals surface area contributed by atoms with Gasteiger partial charge in [-0.15, -0.1) is 0 Å². The monoisotopic (exact) mass is 296 g/mol. The van der Waals surface area contributed by atoms with Gasteiger partial charge in [-0.3, -0.25) is 0 Å². The molecule has 0 spiro atoms. The fraction of sp³-hybridized carbons (Fsp3) is 0.231. The van der Waals surface area contributed by atoms with Crippen LogP contribution in [-0.4, -0.2) is 11.7 Å². The van der Waals surface area contributed by atoms with Crippen LogP contribution in [0.15, 0.2) is 45.3 Å².